The van der Waals surface area contributed by atoms with Gasteiger partial charge in [0.1, 0.15) is 6.54 Å². The van der Waals surface area contributed by atoms with Gasteiger partial charge in [0.15, 0.2) is 6.61 Å². The summed E-state index contributed by atoms with van der Waals surface area (Å²) in [6.45, 7) is -0.372. The van der Waals surface area contributed by atoms with Gasteiger partial charge in [-0.25, -0.2) is 0 Å². The van der Waals surface area contributed by atoms with E-state index in [4.69, 9.17) is 10.00 Å². The summed E-state index contributed by atoms with van der Waals surface area (Å²) in [5.74, 6) is 1.21. The number of carbonyl (C=O) groups is 2. The summed E-state index contributed by atoms with van der Waals surface area (Å²) in [4.78, 5) is 25.7. The van der Waals surface area contributed by atoms with Crippen molar-refractivity contribution in [2.75, 3.05) is 18.1 Å². The van der Waals surface area contributed by atoms with Crippen LogP contribution in [-0.2, 0) is 14.3 Å². The monoisotopic (exact) mass is 326 g/mol. The number of amides is 1. The van der Waals surface area contributed by atoms with Crippen LogP contribution in [0.2, 0.25) is 0 Å². The lowest BCUT2D eigenvalue weighted by Crippen LogP contribution is -2.35. The second-order valence-corrected chi connectivity index (χ2v) is 6.77. The van der Waals surface area contributed by atoms with Gasteiger partial charge < -0.3 is 4.74 Å². The molecule has 1 aromatic rings. The fourth-order valence-electron chi connectivity index (χ4n) is 4.12. The van der Waals surface area contributed by atoms with Gasteiger partial charge in [-0.1, -0.05) is 24.6 Å². The average Bonchev–Trinajstić information content (AvgIpc) is 3.21. The molecule has 0 radical (unpaired) electrons. The molecule has 0 spiro atoms. The van der Waals surface area contributed by atoms with E-state index in [1.54, 1.807) is 24.3 Å². The number of rotatable bonds is 6. The van der Waals surface area contributed by atoms with Gasteiger partial charge in [0.25, 0.3) is 5.91 Å². The van der Waals surface area contributed by atoms with E-state index in [1.165, 1.54) is 24.2 Å². The molecule has 0 aromatic heterocycles. The Labute approximate surface area is 142 Å². The third-order valence-corrected chi connectivity index (χ3v) is 5.27. The summed E-state index contributed by atoms with van der Waals surface area (Å²) in [6.07, 6.45) is 5.32. The predicted octanol–water partition coefficient (Wildman–Crippen LogP) is 2.91. The maximum atomic E-state index is 12.3. The predicted molar refractivity (Wildman–Crippen MR) is 88.9 cm³/mol. The SMILES string of the molecule is N#CCN(C(=O)COC(=O)C[C@@H]1C[C@@H]2CC[C@@H]1C2)c1ccccc1. The molecule has 0 N–H and O–H groups in total. The van der Waals surface area contributed by atoms with Crippen LogP contribution in [-0.4, -0.2) is 25.0 Å². The summed E-state index contributed by atoms with van der Waals surface area (Å²) in [5.41, 5.74) is 0.633. The van der Waals surface area contributed by atoms with Gasteiger partial charge in [-0.3, -0.25) is 14.5 Å². The highest BCUT2D eigenvalue weighted by molar-refractivity contribution is 5.95. The number of benzene rings is 1. The first-order valence-corrected chi connectivity index (χ1v) is 8.55. The van der Waals surface area contributed by atoms with Gasteiger partial charge in [-0.05, 0) is 49.1 Å². The van der Waals surface area contributed by atoms with Gasteiger partial charge in [0, 0.05) is 12.1 Å². The van der Waals surface area contributed by atoms with Crippen LogP contribution in [0.1, 0.15) is 32.1 Å². The third-order valence-electron chi connectivity index (χ3n) is 5.27. The molecule has 1 aromatic carbocycles. The van der Waals surface area contributed by atoms with Crippen molar-refractivity contribution in [1.82, 2.24) is 0 Å². The molecule has 5 nitrogen and oxygen atoms in total. The second-order valence-electron chi connectivity index (χ2n) is 6.77. The number of anilines is 1. The molecule has 24 heavy (non-hydrogen) atoms. The normalized spacial score (nSPS) is 24.4. The van der Waals surface area contributed by atoms with Crippen LogP contribution in [0.5, 0.6) is 0 Å². The summed E-state index contributed by atoms with van der Waals surface area (Å²) < 4.78 is 5.18. The second kappa shape index (κ2) is 7.48. The molecule has 0 aliphatic heterocycles. The number of hydrogen-bond acceptors (Lipinski definition) is 4. The van der Waals surface area contributed by atoms with Crippen molar-refractivity contribution in [2.24, 2.45) is 17.8 Å². The minimum Gasteiger partial charge on any atom is -0.456 e. The number of hydrogen-bond donors (Lipinski definition) is 0. The molecule has 2 saturated carbocycles. The molecule has 1 amide bonds. The Morgan fingerprint density at radius 1 is 1.21 bits per heavy atom. The Kier molecular flexibility index (Phi) is 5.14. The zero-order chi connectivity index (χ0) is 16.9. The van der Waals surface area contributed by atoms with Gasteiger partial charge in [0.2, 0.25) is 0 Å². The number of nitriles is 1. The van der Waals surface area contributed by atoms with Gasteiger partial charge in [-0.15, -0.1) is 0 Å². The van der Waals surface area contributed by atoms with E-state index in [-0.39, 0.29) is 25.0 Å². The summed E-state index contributed by atoms with van der Waals surface area (Å²) in [5, 5.41) is 8.92. The number of esters is 1. The van der Waals surface area contributed by atoms with Crippen LogP contribution in [0.4, 0.5) is 5.69 Å². The molecule has 0 heterocycles. The molecule has 0 unspecified atom stereocenters. The fourth-order valence-corrected chi connectivity index (χ4v) is 4.12. The van der Waals surface area contributed by atoms with Crippen LogP contribution in [0.25, 0.3) is 0 Å². The van der Waals surface area contributed by atoms with Crippen molar-refractivity contribution < 1.29 is 14.3 Å². The first-order valence-electron chi connectivity index (χ1n) is 8.55. The molecule has 3 atom stereocenters. The Bertz CT molecular complexity index is 638. The minimum absolute atomic E-state index is 0.0627. The van der Waals surface area contributed by atoms with Gasteiger partial charge in [-0.2, -0.15) is 5.26 Å². The smallest absolute Gasteiger partial charge is 0.306 e. The van der Waals surface area contributed by atoms with E-state index in [1.807, 2.05) is 12.1 Å². The Hall–Kier alpha value is -2.35. The first-order chi connectivity index (χ1) is 11.7. The van der Waals surface area contributed by atoms with Crippen molar-refractivity contribution in [3.05, 3.63) is 30.3 Å². The molecule has 5 heteroatoms. The van der Waals surface area contributed by atoms with E-state index < -0.39 is 0 Å². The molecule has 2 bridgehead atoms. The van der Waals surface area contributed by atoms with E-state index in [0.29, 0.717) is 23.9 Å². The van der Waals surface area contributed by atoms with Crippen molar-refractivity contribution >= 4 is 17.6 Å². The van der Waals surface area contributed by atoms with Crippen LogP contribution in [0.3, 0.4) is 0 Å². The molecule has 0 saturated heterocycles. The highest BCUT2D eigenvalue weighted by Gasteiger charge is 2.40. The zero-order valence-electron chi connectivity index (χ0n) is 13.7. The van der Waals surface area contributed by atoms with Crippen LogP contribution in [0.15, 0.2) is 30.3 Å². The molecule has 126 valence electrons. The molecular formula is C19H22N2O3. The van der Waals surface area contributed by atoms with E-state index in [0.717, 1.165) is 12.3 Å². The third kappa shape index (κ3) is 3.76. The quantitative estimate of drug-likeness (QED) is 0.595. The first kappa shape index (κ1) is 16.5. The summed E-state index contributed by atoms with van der Waals surface area (Å²) in [6, 6.07) is 10.9. The average molecular weight is 326 g/mol. The molecule has 2 fully saturated rings. The zero-order valence-corrected chi connectivity index (χ0v) is 13.7. The topological polar surface area (TPSA) is 70.4 Å². The summed E-state index contributed by atoms with van der Waals surface area (Å²) in [7, 11) is 0. The highest BCUT2D eigenvalue weighted by atomic mass is 16.5. The van der Waals surface area contributed by atoms with Crippen LogP contribution in [0, 0.1) is 29.1 Å². The Balaban J connectivity index is 1.50. The van der Waals surface area contributed by atoms with E-state index in [9.17, 15) is 9.59 Å². The lowest BCUT2D eigenvalue weighted by molar-refractivity contribution is -0.149. The lowest BCUT2D eigenvalue weighted by Gasteiger charge is -2.22. The van der Waals surface area contributed by atoms with Crippen molar-refractivity contribution in [3.8, 4) is 6.07 Å². The molecule has 2 aliphatic carbocycles. The van der Waals surface area contributed by atoms with Crippen molar-refractivity contribution in [2.45, 2.75) is 32.1 Å². The molecular weight excluding hydrogens is 304 g/mol. The number of ether oxygens (including phenoxy) is 1. The van der Waals surface area contributed by atoms with Gasteiger partial charge in [0.05, 0.1) is 6.07 Å². The number of para-hydroxylation sites is 1. The summed E-state index contributed by atoms with van der Waals surface area (Å²) >= 11 is 0. The standard InChI is InChI=1S/C19H22N2O3/c20-8-9-21(17-4-2-1-3-5-17)18(22)13-24-19(23)12-16-11-14-6-7-15(16)10-14/h1-5,14-16H,6-7,9-13H2/t14-,15-,16+/m1/s1. The Morgan fingerprint density at radius 3 is 2.62 bits per heavy atom. The number of nitrogens with zero attached hydrogens (tertiary/aromatic N) is 2. The molecule has 3 rings (SSSR count). The van der Waals surface area contributed by atoms with E-state index >= 15 is 0 Å². The largest absolute Gasteiger partial charge is 0.456 e. The molecule has 2 aliphatic rings. The lowest BCUT2D eigenvalue weighted by atomic mass is 9.86. The van der Waals surface area contributed by atoms with Crippen LogP contribution < -0.4 is 4.90 Å². The number of fused-ring (bicyclic) bond motifs is 2. The fraction of sp³-hybridized carbons (Fsp3) is 0.526. The van der Waals surface area contributed by atoms with E-state index in [2.05, 4.69) is 0 Å². The van der Waals surface area contributed by atoms with Crippen molar-refractivity contribution in [1.29, 1.82) is 5.26 Å². The maximum absolute atomic E-state index is 12.3. The minimum atomic E-state index is -0.371. The maximum Gasteiger partial charge on any atom is 0.306 e. The van der Waals surface area contributed by atoms with Crippen LogP contribution >= 0.6 is 0 Å². The Morgan fingerprint density at radius 2 is 2.00 bits per heavy atom. The van der Waals surface area contributed by atoms with Gasteiger partial charge >= 0.3 is 5.97 Å². The number of carbonyl (C=O) groups excluding carboxylic acids is 2. The highest BCUT2D eigenvalue weighted by Crippen LogP contribution is 2.49. The van der Waals surface area contributed by atoms with Crippen molar-refractivity contribution in [3.63, 3.8) is 0 Å².